The molecule has 0 aromatic rings. The fourth-order valence-corrected chi connectivity index (χ4v) is 2.39. The van der Waals surface area contributed by atoms with Crippen molar-refractivity contribution in [1.82, 2.24) is 10.6 Å². The Morgan fingerprint density at radius 2 is 1.23 bits per heavy atom. The number of hydrogen-bond acceptors (Lipinski definition) is 5. The molecule has 0 aliphatic heterocycles. The lowest BCUT2D eigenvalue weighted by atomic mass is 9.84. The minimum atomic E-state index is -1.05. The summed E-state index contributed by atoms with van der Waals surface area (Å²) in [6.45, 7) is 10.6. The summed E-state index contributed by atoms with van der Waals surface area (Å²) in [5.41, 5.74) is -1.18. The van der Waals surface area contributed by atoms with E-state index in [9.17, 15) is 19.2 Å². The number of carboxylic acids is 2. The number of carboxylic acid groups (broad SMARTS) is 2. The first-order valence-electron chi connectivity index (χ1n) is 8.69. The largest absolute Gasteiger partial charge is 0.481 e. The van der Waals surface area contributed by atoms with E-state index in [1.165, 1.54) is 0 Å². The smallest absolute Gasteiger partial charge is 0.303 e. The molecule has 0 aromatic heterocycles. The van der Waals surface area contributed by atoms with Gasteiger partial charge >= 0.3 is 11.9 Å². The number of carbonyl (C=O) groups is 4. The highest BCUT2D eigenvalue weighted by atomic mass is 16.4. The van der Waals surface area contributed by atoms with Crippen molar-refractivity contribution in [1.29, 1.82) is 0 Å². The summed E-state index contributed by atoms with van der Waals surface area (Å²) in [5, 5.41) is 23.4. The van der Waals surface area contributed by atoms with Crippen molar-refractivity contribution in [2.45, 2.75) is 84.8 Å². The van der Waals surface area contributed by atoms with Crippen LogP contribution in [0, 0.1) is 5.41 Å². The van der Waals surface area contributed by atoms with Crippen molar-refractivity contribution in [2.24, 2.45) is 5.41 Å². The van der Waals surface area contributed by atoms with Crippen LogP contribution in [0.2, 0.25) is 0 Å². The number of hydrogen-bond donors (Lipinski definition) is 4. The zero-order valence-corrected chi connectivity index (χ0v) is 16.5. The Balaban J connectivity index is 5.30. The summed E-state index contributed by atoms with van der Waals surface area (Å²) in [5.74, 6) is -2.85. The monoisotopic (exact) mass is 372 g/mol. The van der Waals surface area contributed by atoms with Gasteiger partial charge in [0.25, 0.3) is 0 Å². The number of ketones is 1. The predicted molar refractivity (Wildman–Crippen MR) is 96.8 cm³/mol. The molecule has 26 heavy (non-hydrogen) atoms. The highest BCUT2D eigenvalue weighted by molar-refractivity contribution is 5.94. The molecule has 0 aliphatic carbocycles. The van der Waals surface area contributed by atoms with Crippen LogP contribution >= 0.6 is 0 Å². The fraction of sp³-hybridized carbons (Fsp3) is 0.778. The third-order valence-electron chi connectivity index (χ3n) is 3.59. The average Bonchev–Trinajstić information content (AvgIpc) is 2.44. The van der Waals surface area contributed by atoms with Gasteiger partial charge in [-0.2, -0.15) is 0 Å². The van der Waals surface area contributed by atoms with Crippen LogP contribution in [0.4, 0.5) is 0 Å². The summed E-state index contributed by atoms with van der Waals surface area (Å²) >= 11 is 0. The number of Topliss-reactive ketones (excluding diaryl/α,β-unsaturated/α-hetero) is 1. The van der Waals surface area contributed by atoms with Gasteiger partial charge in [-0.15, -0.1) is 0 Å². The summed E-state index contributed by atoms with van der Waals surface area (Å²) in [7, 11) is 0. The minimum absolute atomic E-state index is 0.0155. The summed E-state index contributed by atoms with van der Waals surface area (Å²) in [4.78, 5) is 46.9. The standard InChI is InChI=1S/C18H32N2O6/c1-17(2,3)15(25)11(7-9-13(21)22)19-16(26)12(8-10-14(23)24)20-18(4,5)6/h11-12,20H,7-10H2,1-6H3,(H,19,26)(H,21,22)(H,23,24). The van der Waals surface area contributed by atoms with Gasteiger partial charge in [0.15, 0.2) is 5.78 Å². The van der Waals surface area contributed by atoms with Crippen molar-refractivity contribution in [3.63, 3.8) is 0 Å². The molecule has 0 fully saturated rings. The van der Waals surface area contributed by atoms with Crippen molar-refractivity contribution < 1.29 is 29.4 Å². The van der Waals surface area contributed by atoms with Crippen LogP contribution in [-0.2, 0) is 19.2 Å². The van der Waals surface area contributed by atoms with Gasteiger partial charge in [0, 0.05) is 23.8 Å². The van der Waals surface area contributed by atoms with E-state index in [2.05, 4.69) is 10.6 Å². The second-order valence-electron chi connectivity index (χ2n) is 8.49. The van der Waals surface area contributed by atoms with Gasteiger partial charge in [0.05, 0.1) is 12.1 Å². The number of carbonyl (C=O) groups excluding carboxylic acids is 2. The molecule has 0 heterocycles. The van der Waals surface area contributed by atoms with E-state index in [-0.39, 0.29) is 31.5 Å². The van der Waals surface area contributed by atoms with Gasteiger partial charge in [0.1, 0.15) is 0 Å². The molecule has 0 saturated carbocycles. The van der Waals surface area contributed by atoms with Crippen molar-refractivity contribution in [3.05, 3.63) is 0 Å². The van der Waals surface area contributed by atoms with Gasteiger partial charge < -0.3 is 20.8 Å². The zero-order chi connectivity index (χ0) is 20.7. The molecule has 0 aliphatic rings. The maximum absolute atomic E-state index is 12.7. The van der Waals surface area contributed by atoms with Crippen LogP contribution in [0.5, 0.6) is 0 Å². The molecule has 1 amide bonds. The molecule has 0 saturated heterocycles. The molecule has 150 valence electrons. The molecule has 0 aromatic carbocycles. The molecule has 0 rings (SSSR count). The summed E-state index contributed by atoms with van der Waals surface area (Å²) in [6, 6.07) is -1.74. The lowest BCUT2D eigenvalue weighted by Crippen LogP contribution is -2.55. The third-order valence-corrected chi connectivity index (χ3v) is 3.59. The van der Waals surface area contributed by atoms with Crippen molar-refractivity contribution in [2.75, 3.05) is 0 Å². The lowest BCUT2D eigenvalue weighted by Gasteiger charge is -2.30. The molecular formula is C18H32N2O6. The van der Waals surface area contributed by atoms with E-state index in [4.69, 9.17) is 10.2 Å². The Labute approximate surface area is 154 Å². The molecule has 8 nitrogen and oxygen atoms in total. The number of amides is 1. The van der Waals surface area contributed by atoms with Crippen LogP contribution in [0.25, 0.3) is 0 Å². The second kappa shape index (κ2) is 9.66. The predicted octanol–water partition coefficient (Wildman–Crippen LogP) is 1.57. The molecular weight excluding hydrogens is 340 g/mol. The van der Waals surface area contributed by atoms with Crippen molar-refractivity contribution >= 4 is 23.6 Å². The van der Waals surface area contributed by atoms with E-state index in [0.29, 0.717) is 0 Å². The Morgan fingerprint density at radius 1 is 0.808 bits per heavy atom. The van der Waals surface area contributed by atoms with Gasteiger partial charge in [-0.05, 0) is 33.6 Å². The van der Waals surface area contributed by atoms with E-state index in [1.54, 1.807) is 20.8 Å². The number of aliphatic carboxylic acids is 2. The summed E-state index contributed by atoms with van der Waals surface area (Å²) < 4.78 is 0. The van der Waals surface area contributed by atoms with E-state index >= 15 is 0 Å². The Bertz CT molecular complexity index is 531. The number of nitrogens with one attached hydrogen (secondary N) is 2. The average molecular weight is 372 g/mol. The van der Waals surface area contributed by atoms with E-state index in [1.807, 2.05) is 20.8 Å². The van der Waals surface area contributed by atoms with E-state index in [0.717, 1.165) is 0 Å². The maximum Gasteiger partial charge on any atom is 0.303 e. The van der Waals surface area contributed by atoms with Gasteiger partial charge in [-0.1, -0.05) is 20.8 Å². The second-order valence-corrected chi connectivity index (χ2v) is 8.49. The van der Waals surface area contributed by atoms with Crippen LogP contribution in [0.1, 0.15) is 67.2 Å². The molecule has 0 spiro atoms. The third kappa shape index (κ3) is 10.1. The van der Waals surface area contributed by atoms with Crippen molar-refractivity contribution in [3.8, 4) is 0 Å². The van der Waals surface area contributed by atoms with Crippen LogP contribution in [0.3, 0.4) is 0 Å². The van der Waals surface area contributed by atoms with Crippen LogP contribution in [-0.4, -0.2) is 51.5 Å². The molecule has 0 radical (unpaired) electrons. The molecule has 2 atom stereocenters. The highest BCUT2D eigenvalue weighted by Crippen LogP contribution is 2.19. The first kappa shape index (κ1) is 24.0. The number of rotatable bonds is 10. The maximum atomic E-state index is 12.7. The Hall–Kier alpha value is -1.96. The SMILES string of the molecule is CC(C)(C)NC(CCC(=O)O)C(=O)NC(CCC(=O)O)C(=O)C(C)(C)C. The Kier molecular flexibility index (Phi) is 8.93. The first-order valence-corrected chi connectivity index (χ1v) is 8.69. The Morgan fingerprint density at radius 3 is 1.58 bits per heavy atom. The topological polar surface area (TPSA) is 133 Å². The van der Waals surface area contributed by atoms with Gasteiger partial charge in [0.2, 0.25) is 5.91 Å². The van der Waals surface area contributed by atoms with Gasteiger partial charge in [-0.3, -0.25) is 19.2 Å². The minimum Gasteiger partial charge on any atom is -0.481 e. The van der Waals surface area contributed by atoms with E-state index < -0.39 is 40.9 Å². The fourth-order valence-electron chi connectivity index (χ4n) is 2.39. The van der Waals surface area contributed by atoms with Crippen LogP contribution in [0.15, 0.2) is 0 Å². The lowest BCUT2D eigenvalue weighted by molar-refractivity contribution is -0.140. The quantitative estimate of drug-likeness (QED) is 0.457. The molecule has 2 unspecified atom stereocenters. The summed E-state index contributed by atoms with van der Waals surface area (Å²) in [6.07, 6.45) is -0.403. The molecule has 8 heteroatoms. The van der Waals surface area contributed by atoms with Crippen LogP contribution < -0.4 is 10.6 Å². The van der Waals surface area contributed by atoms with Gasteiger partial charge in [-0.25, -0.2) is 0 Å². The first-order chi connectivity index (χ1) is 11.6. The molecule has 4 N–H and O–H groups in total. The highest BCUT2D eigenvalue weighted by Gasteiger charge is 2.33. The zero-order valence-electron chi connectivity index (χ0n) is 16.5. The molecule has 0 bridgehead atoms. The normalized spacial score (nSPS) is 14.4.